The molecule has 0 rings (SSSR count). The lowest BCUT2D eigenvalue weighted by Gasteiger charge is -2.21. The molecule has 0 aliphatic rings. The quantitative estimate of drug-likeness (QED) is 0.273. The Labute approximate surface area is 119 Å². The summed E-state index contributed by atoms with van der Waals surface area (Å²) in [5.74, 6) is -1.19. The van der Waals surface area contributed by atoms with Crippen LogP contribution < -0.4 is 0 Å². The second-order valence-electron chi connectivity index (χ2n) is 4.55. The van der Waals surface area contributed by atoms with Gasteiger partial charge in [-0.15, -0.1) is 0 Å². The number of hydrogen-bond acceptors (Lipinski definition) is 7. The molecule has 0 aliphatic carbocycles. The third kappa shape index (κ3) is 8.65. The van der Waals surface area contributed by atoms with E-state index in [-0.39, 0.29) is 13.0 Å². The van der Waals surface area contributed by atoms with Crippen molar-refractivity contribution in [2.24, 2.45) is 0 Å². The van der Waals surface area contributed by atoms with Crippen LogP contribution in [0.25, 0.3) is 0 Å². The molecule has 0 fully saturated rings. The summed E-state index contributed by atoms with van der Waals surface area (Å²) in [5.41, 5.74) is -1.57. The number of ether oxygens (including phenoxy) is 2. The van der Waals surface area contributed by atoms with Gasteiger partial charge in [-0.1, -0.05) is 6.58 Å². The zero-order chi connectivity index (χ0) is 15.8. The summed E-state index contributed by atoms with van der Waals surface area (Å²) < 4.78 is 36.0. The van der Waals surface area contributed by atoms with Crippen LogP contribution in [0.3, 0.4) is 0 Å². The van der Waals surface area contributed by atoms with Crippen LogP contribution in [0, 0.1) is 0 Å². The molecular weight excluding hydrogens is 288 g/mol. The maximum atomic E-state index is 11.6. The van der Waals surface area contributed by atoms with Crippen molar-refractivity contribution < 1.29 is 31.7 Å². The molecule has 20 heavy (non-hydrogen) atoms. The molecule has 0 heterocycles. The van der Waals surface area contributed by atoms with E-state index in [1.807, 2.05) is 0 Å². The van der Waals surface area contributed by atoms with E-state index in [0.717, 1.165) is 12.5 Å². The molecule has 0 atom stereocenters. The van der Waals surface area contributed by atoms with Gasteiger partial charge < -0.3 is 9.47 Å². The van der Waals surface area contributed by atoms with E-state index < -0.39 is 27.7 Å². The molecule has 0 spiro atoms. The average Bonchev–Trinajstić information content (AvgIpc) is 2.25. The van der Waals surface area contributed by atoms with E-state index in [2.05, 4.69) is 15.5 Å². The van der Waals surface area contributed by atoms with Crippen molar-refractivity contribution in [2.75, 3.05) is 12.9 Å². The monoisotopic (exact) mass is 308 g/mol. The van der Waals surface area contributed by atoms with Gasteiger partial charge in [-0.2, -0.15) is 8.42 Å². The number of carbonyl (C=O) groups is 2. The molecule has 0 unspecified atom stereocenters. The third-order valence-electron chi connectivity index (χ3n) is 2.07. The summed E-state index contributed by atoms with van der Waals surface area (Å²) in [6, 6.07) is 0. The van der Waals surface area contributed by atoms with Gasteiger partial charge in [0.1, 0.15) is 0 Å². The number of rotatable bonds is 9. The van der Waals surface area contributed by atoms with Crippen molar-refractivity contribution in [3.8, 4) is 0 Å². The van der Waals surface area contributed by atoms with E-state index in [9.17, 15) is 18.0 Å². The highest BCUT2D eigenvalue weighted by molar-refractivity contribution is 7.86. The van der Waals surface area contributed by atoms with Gasteiger partial charge in [0.2, 0.25) is 0 Å². The van der Waals surface area contributed by atoms with Gasteiger partial charge in [-0.25, -0.2) is 4.79 Å². The third-order valence-corrected chi connectivity index (χ3v) is 2.79. The fourth-order valence-corrected chi connectivity index (χ4v) is 2.10. The second-order valence-corrected chi connectivity index (χ2v) is 6.12. The molecule has 0 bridgehead atoms. The molecule has 116 valence electrons. The Morgan fingerprint density at radius 2 is 1.85 bits per heavy atom. The van der Waals surface area contributed by atoms with E-state index in [4.69, 9.17) is 4.74 Å². The fourth-order valence-electron chi connectivity index (χ4n) is 1.27. The molecule has 0 aromatic rings. The predicted molar refractivity (Wildman–Crippen MR) is 71.1 cm³/mol. The molecule has 0 aliphatic heterocycles. The van der Waals surface area contributed by atoms with Gasteiger partial charge in [0.25, 0.3) is 10.1 Å². The lowest BCUT2D eigenvalue weighted by Crippen LogP contribution is -2.38. The Balaban J connectivity index is 3.99. The Hall–Kier alpha value is -1.41. The first-order chi connectivity index (χ1) is 9.08. The average molecular weight is 308 g/mol. The molecule has 0 aromatic carbocycles. The van der Waals surface area contributed by atoms with Crippen molar-refractivity contribution in [2.45, 2.75) is 38.7 Å². The summed E-state index contributed by atoms with van der Waals surface area (Å²) >= 11 is 0. The van der Waals surface area contributed by atoms with Gasteiger partial charge in [0.05, 0.1) is 19.1 Å². The lowest BCUT2D eigenvalue weighted by molar-refractivity contribution is -0.159. The predicted octanol–water partition coefficient (Wildman–Crippen LogP) is 1.14. The highest BCUT2D eigenvalue weighted by Gasteiger charge is 2.34. The standard InChI is InChI=1S/C12H20O7S/c1-5-17-10(13)8-6-7-9-18-11(14)12(2,3)19-20(4,15)16/h5H,1,6-9H2,2-4H3. The van der Waals surface area contributed by atoms with Crippen LogP contribution in [0.5, 0.6) is 0 Å². The van der Waals surface area contributed by atoms with Crippen LogP contribution in [-0.4, -0.2) is 38.8 Å². The Morgan fingerprint density at radius 1 is 1.25 bits per heavy atom. The largest absolute Gasteiger partial charge is 0.464 e. The van der Waals surface area contributed by atoms with Crippen LogP contribution in [0.15, 0.2) is 12.8 Å². The van der Waals surface area contributed by atoms with E-state index in [1.54, 1.807) is 0 Å². The van der Waals surface area contributed by atoms with Crippen molar-refractivity contribution in [1.82, 2.24) is 0 Å². The summed E-state index contributed by atoms with van der Waals surface area (Å²) in [5, 5.41) is 0. The lowest BCUT2D eigenvalue weighted by atomic mass is 10.1. The van der Waals surface area contributed by atoms with Crippen molar-refractivity contribution in [3.05, 3.63) is 12.8 Å². The normalized spacial score (nSPS) is 11.8. The topological polar surface area (TPSA) is 96.0 Å². The first kappa shape index (κ1) is 18.6. The van der Waals surface area contributed by atoms with Crippen molar-refractivity contribution >= 4 is 22.1 Å². The van der Waals surface area contributed by atoms with Crippen LogP contribution >= 0.6 is 0 Å². The number of carbonyl (C=O) groups excluding carboxylic acids is 2. The molecule has 0 saturated heterocycles. The summed E-state index contributed by atoms with van der Waals surface area (Å²) in [4.78, 5) is 22.6. The zero-order valence-electron chi connectivity index (χ0n) is 11.9. The second kappa shape index (κ2) is 8.01. The molecule has 0 saturated carbocycles. The molecule has 7 nitrogen and oxygen atoms in total. The SMILES string of the molecule is C=COC(=O)CCCCOC(=O)C(C)(C)OS(C)(=O)=O. The first-order valence-corrected chi connectivity index (χ1v) is 7.78. The molecular formula is C12H20O7S. The van der Waals surface area contributed by atoms with Crippen LogP contribution in [0.4, 0.5) is 0 Å². The first-order valence-electron chi connectivity index (χ1n) is 5.97. The van der Waals surface area contributed by atoms with Crippen LogP contribution in [0.1, 0.15) is 33.1 Å². The molecule has 0 N–H and O–H groups in total. The number of hydrogen-bond donors (Lipinski definition) is 0. The van der Waals surface area contributed by atoms with E-state index in [0.29, 0.717) is 12.8 Å². The van der Waals surface area contributed by atoms with Crippen LogP contribution in [-0.2, 0) is 33.4 Å². The Bertz CT molecular complexity index is 450. The number of esters is 2. The minimum Gasteiger partial charge on any atom is -0.464 e. The maximum Gasteiger partial charge on any atom is 0.339 e. The minimum atomic E-state index is -3.75. The molecule has 0 radical (unpaired) electrons. The smallest absolute Gasteiger partial charge is 0.339 e. The number of unbranched alkanes of at least 4 members (excludes halogenated alkanes) is 1. The van der Waals surface area contributed by atoms with Gasteiger partial charge in [0, 0.05) is 6.42 Å². The molecule has 0 amide bonds. The Morgan fingerprint density at radius 3 is 2.35 bits per heavy atom. The Kier molecular flexibility index (Phi) is 7.44. The van der Waals surface area contributed by atoms with Crippen molar-refractivity contribution in [1.29, 1.82) is 0 Å². The van der Waals surface area contributed by atoms with E-state index >= 15 is 0 Å². The molecule has 8 heteroatoms. The maximum absolute atomic E-state index is 11.6. The van der Waals surface area contributed by atoms with Crippen molar-refractivity contribution in [3.63, 3.8) is 0 Å². The summed E-state index contributed by atoms with van der Waals surface area (Å²) in [6.07, 6.45) is 3.02. The van der Waals surface area contributed by atoms with Gasteiger partial charge in [-0.05, 0) is 26.7 Å². The minimum absolute atomic E-state index is 0.0662. The van der Waals surface area contributed by atoms with Crippen LogP contribution in [0.2, 0.25) is 0 Å². The summed E-state index contributed by atoms with van der Waals surface area (Å²) in [7, 11) is -3.75. The highest BCUT2D eigenvalue weighted by Crippen LogP contribution is 2.15. The van der Waals surface area contributed by atoms with Gasteiger partial charge in [-0.3, -0.25) is 8.98 Å². The van der Waals surface area contributed by atoms with E-state index in [1.165, 1.54) is 13.8 Å². The summed E-state index contributed by atoms with van der Waals surface area (Å²) in [6.45, 7) is 5.92. The highest BCUT2D eigenvalue weighted by atomic mass is 32.2. The fraction of sp³-hybridized carbons (Fsp3) is 0.667. The zero-order valence-corrected chi connectivity index (χ0v) is 12.7. The van der Waals surface area contributed by atoms with Gasteiger partial charge in [0.15, 0.2) is 5.60 Å². The van der Waals surface area contributed by atoms with Gasteiger partial charge >= 0.3 is 11.9 Å². The molecule has 0 aromatic heterocycles.